The maximum absolute atomic E-state index is 14.4. The Balaban J connectivity index is 1.27. The molecular weight excluding hydrogens is 651 g/mol. The third kappa shape index (κ3) is 5.95. The topological polar surface area (TPSA) is 152 Å². The standard InChI is InChI=1S/C35H36F3N9O3/c1-19-9-10-28(35(36,37)38)43-32(19)44-33(49)27-13-34-18-50-11-7-5-4-6-8-24-30-23(12-25(42-24)22-15-40-21(3)41-16-22)26(14-39)45-46(30)17-29(48)47(27)31(34)20(34)2/h9-10,12,15-16,20,27,31H,4-8,11,13,17-18H2,1-3H3,(H,43,44,49)/t20?,27-,31?,34+/m0/s1. The number of aryl methyl sites for hydroxylation is 3. The van der Waals surface area contributed by atoms with Gasteiger partial charge in [0.05, 0.1) is 23.5 Å². The number of nitrogens with zero attached hydrogens (tertiary/aromatic N) is 8. The Morgan fingerprint density at radius 2 is 1.88 bits per heavy atom. The van der Waals surface area contributed by atoms with Crippen molar-refractivity contribution in [2.75, 3.05) is 18.5 Å². The molecule has 6 heterocycles. The minimum Gasteiger partial charge on any atom is -0.381 e. The Labute approximate surface area is 286 Å². The normalized spacial score (nSPS) is 24.1. The quantitative estimate of drug-likeness (QED) is 0.308. The lowest BCUT2D eigenvalue weighted by molar-refractivity contribution is -0.141. The van der Waals surface area contributed by atoms with E-state index in [0.29, 0.717) is 58.9 Å². The van der Waals surface area contributed by atoms with Gasteiger partial charge in [0, 0.05) is 41.4 Å². The van der Waals surface area contributed by atoms with Crippen molar-refractivity contribution < 1.29 is 27.5 Å². The molecule has 1 saturated carbocycles. The highest BCUT2D eigenvalue weighted by Crippen LogP contribution is 2.64. The number of alkyl halides is 3. The van der Waals surface area contributed by atoms with Gasteiger partial charge in [-0.15, -0.1) is 0 Å². The van der Waals surface area contributed by atoms with Crippen LogP contribution in [0.3, 0.4) is 0 Å². The fourth-order valence-corrected chi connectivity index (χ4v) is 7.64. The monoisotopic (exact) mass is 687 g/mol. The van der Waals surface area contributed by atoms with Gasteiger partial charge >= 0.3 is 6.18 Å². The number of nitriles is 1. The molecule has 0 radical (unpaired) electrons. The first kappa shape index (κ1) is 33.5. The number of halogens is 3. The van der Waals surface area contributed by atoms with Crippen LogP contribution in [0.2, 0.25) is 0 Å². The molecule has 1 saturated heterocycles. The molecule has 0 spiro atoms. The lowest BCUT2D eigenvalue weighted by Crippen LogP contribution is -2.47. The molecule has 4 atom stereocenters. The average Bonchev–Trinajstić information content (AvgIpc) is 3.34. The zero-order valence-corrected chi connectivity index (χ0v) is 27.9. The van der Waals surface area contributed by atoms with E-state index < -0.39 is 35.1 Å². The number of aromatic nitrogens is 6. The molecule has 2 aliphatic heterocycles. The van der Waals surface area contributed by atoms with E-state index >= 15 is 0 Å². The summed E-state index contributed by atoms with van der Waals surface area (Å²) in [5.41, 5.74) is 1.40. The van der Waals surface area contributed by atoms with Gasteiger partial charge in [-0.1, -0.05) is 25.8 Å². The number of carbonyl (C=O) groups excluding carboxylic acids is 2. The fourth-order valence-electron chi connectivity index (χ4n) is 7.64. The summed E-state index contributed by atoms with van der Waals surface area (Å²) in [5.74, 6) is -0.601. The third-order valence-electron chi connectivity index (χ3n) is 10.4. The first-order valence-corrected chi connectivity index (χ1v) is 16.8. The number of nitrogens with one attached hydrogen (secondary N) is 1. The first-order valence-electron chi connectivity index (χ1n) is 16.8. The molecule has 260 valence electrons. The Hall–Kier alpha value is -4.97. The second-order valence-electron chi connectivity index (χ2n) is 13.5. The molecular formula is C35H36F3N9O3. The summed E-state index contributed by atoms with van der Waals surface area (Å²) in [7, 11) is 0. The van der Waals surface area contributed by atoms with Crippen molar-refractivity contribution in [2.24, 2.45) is 11.3 Å². The van der Waals surface area contributed by atoms with Crippen molar-refractivity contribution in [3.8, 4) is 17.3 Å². The van der Waals surface area contributed by atoms with E-state index in [1.165, 1.54) is 10.7 Å². The predicted molar refractivity (Wildman–Crippen MR) is 174 cm³/mol. The van der Waals surface area contributed by atoms with E-state index in [0.717, 1.165) is 31.7 Å². The Morgan fingerprint density at radius 1 is 1.12 bits per heavy atom. The van der Waals surface area contributed by atoms with E-state index in [2.05, 4.69) is 31.4 Å². The van der Waals surface area contributed by atoms with Crippen LogP contribution in [0.1, 0.15) is 67.5 Å². The summed E-state index contributed by atoms with van der Waals surface area (Å²) in [6.07, 6.45) is 3.02. The van der Waals surface area contributed by atoms with Crippen molar-refractivity contribution in [1.29, 1.82) is 5.26 Å². The van der Waals surface area contributed by atoms with Gasteiger partial charge in [0.15, 0.2) is 5.69 Å². The number of ether oxygens (including phenoxy) is 1. The van der Waals surface area contributed by atoms with Crippen molar-refractivity contribution in [3.63, 3.8) is 0 Å². The Bertz CT molecular complexity index is 2020. The van der Waals surface area contributed by atoms with Gasteiger partial charge in [-0.25, -0.2) is 15.0 Å². The molecule has 4 aromatic heterocycles. The SMILES string of the molecule is Cc1ncc(-c2cc3c(C#N)nn4c3c(n2)CCCCCCOC[C@@]23C[C@@H](C(=O)Nc5nc(C(F)(F)F)ccc5C)N(C(=O)C4)C2C3C)cn1. The Kier molecular flexibility index (Phi) is 8.53. The second-order valence-corrected chi connectivity index (χ2v) is 13.5. The number of anilines is 1. The van der Waals surface area contributed by atoms with Crippen LogP contribution in [0.15, 0.2) is 30.6 Å². The van der Waals surface area contributed by atoms with Crippen molar-refractivity contribution in [2.45, 2.75) is 84.1 Å². The number of pyridine rings is 2. The van der Waals surface area contributed by atoms with E-state index in [4.69, 9.17) is 9.72 Å². The number of piperidine rings is 1. The molecule has 15 heteroatoms. The van der Waals surface area contributed by atoms with Gasteiger partial charge in [0.1, 0.15) is 36.0 Å². The molecule has 4 aromatic rings. The summed E-state index contributed by atoms with van der Waals surface area (Å²) in [6, 6.07) is 4.74. The van der Waals surface area contributed by atoms with E-state index in [1.54, 1.807) is 37.2 Å². The van der Waals surface area contributed by atoms with Crippen molar-refractivity contribution >= 4 is 28.5 Å². The zero-order valence-electron chi connectivity index (χ0n) is 27.9. The average molecular weight is 688 g/mol. The largest absolute Gasteiger partial charge is 0.433 e. The maximum atomic E-state index is 14.4. The van der Waals surface area contributed by atoms with Gasteiger partial charge in [-0.2, -0.15) is 23.5 Å². The smallest absolute Gasteiger partial charge is 0.381 e. The van der Waals surface area contributed by atoms with Crippen LogP contribution in [-0.4, -0.2) is 71.7 Å². The lowest BCUT2D eigenvalue weighted by Gasteiger charge is -2.28. The molecule has 2 bridgehead atoms. The minimum atomic E-state index is -4.69. The van der Waals surface area contributed by atoms with Crippen LogP contribution in [-0.2, 0) is 33.5 Å². The summed E-state index contributed by atoms with van der Waals surface area (Å²) >= 11 is 0. The molecule has 1 N–H and O–H groups in total. The summed E-state index contributed by atoms with van der Waals surface area (Å²) < 4.78 is 48.1. The van der Waals surface area contributed by atoms with Gasteiger partial charge in [-0.05, 0) is 63.1 Å². The van der Waals surface area contributed by atoms with Crippen molar-refractivity contribution in [3.05, 3.63) is 59.1 Å². The summed E-state index contributed by atoms with van der Waals surface area (Å²) in [5, 5.41) is 17.8. The van der Waals surface area contributed by atoms with Crippen LogP contribution < -0.4 is 5.32 Å². The number of hydrogen-bond acceptors (Lipinski definition) is 9. The molecule has 2 amide bonds. The van der Waals surface area contributed by atoms with Crippen molar-refractivity contribution in [1.82, 2.24) is 34.6 Å². The number of hydrogen-bond donors (Lipinski definition) is 1. The summed E-state index contributed by atoms with van der Waals surface area (Å²) in [6.45, 7) is 5.98. The molecule has 12 nitrogen and oxygen atoms in total. The highest BCUT2D eigenvalue weighted by Gasteiger charge is 2.72. The number of carbonyl (C=O) groups is 2. The van der Waals surface area contributed by atoms with Gasteiger partial charge in [0.25, 0.3) is 0 Å². The Morgan fingerprint density at radius 3 is 2.62 bits per heavy atom. The molecule has 3 aliphatic rings. The second kappa shape index (κ2) is 12.7. The molecule has 2 unspecified atom stereocenters. The van der Waals surface area contributed by atoms with Crippen LogP contribution in [0.4, 0.5) is 19.0 Å². The molecule has 7 rings (SSSR count). The maximum Gasteiger partial charge on any atom is 0.433 e. The lowest BCUT2D eigenvalue weighted by atomic mass is 9.96. The van der Waals surface area contributed by atoms with Crippen LogP contribution in [0.5, 0.6) is 0 Å². The van der Waals surface area contributed by atoms with Gasteiger partial charge in [0.2, 0.25) is 11.8 Å². The predicted octanol–water partition coefficient (Wildman–Crippen LogP) is 5.17. The number of amides is 2. The highest BCUT2D eigenvalue weighted by molar-refractivity contribution is 5.98. The fraction of sp³-hybridized carbons (Fsp3) is 0.486. The van der Waals surface area contributed by atoms with E-state index in [9.17, 15) is 28.0 Å². The summed E-state index contributed by atoms with van der Waals surface area (Å²) in [4.78, 5) is 47.1. The minimum absolute atomic E-state index is 0.0279. The molecule has 50 heavy (non-hydrogen) atoms. The zero-order chi connectivity index (χ0) is 35.4. The van der Waals surface area contributed by atoms with Gasteiger partial charge < -0.3 is 15.0 Å². The van der Waals surface area contributed by atoms with E-state index in [1.807, 2.05) is 6.92 Å². The van der Waals surface area contributed by atoms with Crippen LogP contribution >= 0.6 is 0 Å². The molecule has 0 aromatic carbocycles. The van der Waals surface area contributed by atoms with E-state index in [-0.39, 0.29) is 36.4 Å². The number of rotatable bonds is 3. The van der Waals surface area contributed by atoms with Gasteiger partial charge in [-0.3, -0.25) is 19.3 Å². The first-order chi connectivity index (χ1) is 23.9. The highest BCUT2D eigenvalue weighted by atomic mass is 19.4. The molecule has 1 aliphatic carbocycles. The third-order valence-corrected chi connectivity index (χ3v) is 10.4. The van der Waals surface area contributed by atoms with Crippen LogP contribution in [0, 0.1) is 36.5 Å². The molecule has 2 fully saturated rings. The van der Waals surface area contributed by atoms with Crippen LogP contribution in [0.25, 0.3) is 22.2 Å².